The fourth-order valence-electron chi connectivity index (χ4n) is 1.17. The molecule has 1 amide bonds. The molecule has 0 aliphatic heterocycles. The molecule has 4 nitrogen and oxygen atoms in total. The van der Waals surface area contributed by atoms with Gasteiger partial charge >= 0.3 is 0 Å². The normalized spacial score (nSPS) is 16.8. The summed E-state index contributed by atoms with van der Waals surface area (Å²) in [6.45, 7) is 5.66. The zero-order valence-electron chi connectivity index (χ0n) is 9.28. The van der Waals surface area contributed by atoms with Gasteiger partial charge in [0, 0.05) is 11.6 Å². The standard InChI is InChI=1S/C10H17N3OS/c1-4-10(3,9-12-5-6-15-9)13-8(14)7(2)11/h5-7H,4,11H2,1-3H3,(H,13,14). The average Bonchev–Trinajstić information content (AvgIpc) is 2.70. The van der Waals surface area contributed by atoms with E-state index in [1.165, 1.54) is 0 Å². The molecule has 0 aliphatic carbocycles. The molecule has 0 radical (unpaired) electrons. The Morgan fingerprint density at radius 2 is 2.47 bits per heavy atom. The smallest absolute Gasteiger partial charge is 0.237 e. The van der Waals surface area contributed by atoms with Crippen LogP contribution in [0.5, 0.6) is 0 Å². The Morgan fingerprint density at radius 3 is 2.87 bits per heavy atom. The lowest BCUT2D eigenvalue weighted by atomic mass is 9.99. The van der Waals surface area contributed by atoms with Crippen LogP contribution >= 0.6 is 11.3 Å². The quantitative estimate of drug-likeness (QED) is 0.813. The van der Waals surface area contributed by atoms with Crippen molar-refractivity contribution in [1.29, 1.82) is 0 Å². The highest BCUT2D eigenvalue weighted by Crippen LogP contribution is 2.26. The molecule has 0 saturated heterocycles. The largest absolute Gasteiger partial charge is 0.343 e. The molecule has 5 heteroatoms. The van der Waals surface area contributed by atoms with Crippen molar-refractivity contribution in [3.8, 4) is 0 Å². The Labute approximate surface area is 93.9 Å². The third kappa shape index (κ3) is 2.76. The Bertz CT molecular complexity index is 323. The van der Waals surface area contributed by atoms with E-state index >= 15 is 0 Å². The molecular formula is C10H17N3OS. The first-order valence-electron chi connectivity index (χ1n) is 4.97. The van der Waals surface area contributed by atoms with E-state index in [1.807, 2.05) is 19.2 Å². The molecule has 1 rings (SSSR count). The van der Waals surface area contributed by atoms with Crippen molar-refractivity contribution in [2.24, 2.45) is 5.73 Å². The number of carbonyl (C=O) groups excluding carboxylic acids is 1. The third-order valence-corrected chi connectivity index (χ3v) is 3.46. The molecule has 3 N–H and O–H groups in total. The molecule has 0 aliphatic rings. The van der Waals surface area contributed by atoms with Crippen LogP contribution in [0.15, 0.2) is 11.6 Å². The number of nitrogens with two attached hydrogens (primary N) is 1. The fourth-order valence-corrected chi connectivity index (χ4v) is 2.00. The summed E-state index contributed by atoms with van der Waals surface area (Å²) in [6.07, 6.45) is 2.53. The van der Waals surface area contributed by atoms with E-state index in [9.17, 15) is 4.79 Å². The van der Waals surface area contributed by atoms with E-state index in [0.717, 1.165) is 11.4 Å². The highest BCUT2D eigenvalue weighted by Gasteiger charge is 2.29. The number of nitrogens with zero attached hydrogens (tertiary/aromatic N) is 1. The van der Waals surface area contributed by atoms with Crippen LogP contribution in [0.4, 0.5) is 0 Å². The topological polar surface area (TPSA) is 68.0 Å². The summed E-state index contributed by atoms with van der Waals surface area (Å²) >= 11 is 1.54. The Kier molecular flexibility index (Phi) is 3.82. The molecule has 0 saturated carbocycles. The maximum atomic E-state index is 11.6. The number of rotatable bonds is 4. The van der Waals surface area contributed by atoms with Crippen molar-refractivity contribution in [1.82, 2.24) is 10.3 Å². The summed E-state index contributed by atoms with van der Waals surface area (Å²) in [7, 11) is 0. The minimum atomic E-state index is -0.490. The van der Waals surface area contributed by atoms with Crippen molar-refractivity contribution in [2.75, 3.05) is 0 Å². The molecule has 84 valence electrons. The summed E-state index contributed by atoms with van der Waals surface area (Å²) in [5.41, 5.74) is 5.12. The Morgan fingerprint density at radius 1 is 1.80 bits per heavy atom. The van der Waals surface area contributed by atoms with Gasteiger partial charge in [0.25, 0.3) is 0 Å². The highest BCUT2D eigenvalue weighted by molar-refractivity contribution is 7.09. The molecule has 1 aromatic rings. The van der Waals surface area contributed by atoms with Gasteiger partial charge < -0.3 is 11.1 Å². The van der Waals surface area contributed by atoms with Gasteiger partial charge in [0.05, 0.1) is 11.6 Å². The lowest BCUT2D eigenvalue weighted by molar-refractivity contribution is -0.123. The molecule has 0 spiro atoms. The number of hydrogen-bond acceptors (Lipinski definition) is 4. The van der Waals surface area contributed by atoms with Gasteiger partial charge in [-0.15, -0.1) is 11.3 Å². The fraction of sp³-hybridized carbons (Fsp3) is 0.600. The molecule has 2 unspecified atom stereocenters. The molecule has 0 bridgehead atoms. The number of nitrogens with one attached hydrogen (secondary N) is 1. The van der Waals surface area contributed by atoms with Gasteiger partial charge in [0.1, 0.15) is 5.01 Å². The number of carbonyl (C=O) groups is 1. The molecule has 2 atom stereocenters. The summed E-state index contributed by atoms with van der Waals surface area (Å²) in [5.74, 6) is -0.144. The van der Waals surface area contributed by atoms with Crippen molar-refractivity contribution in [3.63, 3.8) is 0 Å². The van der Waals surface area contributed by atoms with Gasteiger partial charge in [-0.2, -0.15) is 0 Å². The molecule has 0 aromatic carbocycles. The van der Waals surface area contributed by atoms with Crippen LogP contribution in [0.25, 0.3) is 0 Å². The van der Waals surface area contributed by atoms with Gasteiger partial charge in [-0.1, -0.05) is 6.92 Å². The maximum absolute atomic E-state index is 11.6. The van der Waals surface area contributed by atoms with Gasteiger partial charge in [0.2, 0.25) is 5.91 Å². The molecule has 15 heavy (non-hydrogen) atoms. The van der Waals surface area contributed by atoms with Crippen molar-refractivity contribution in [3.05, 3.63) is 16.6 Å². The van der Waals surface area contributed by atoms with Gasteiger partial charge in [0.15, 0.2) is 0 Å². The van der Waals surface area contributed by atoms with E-state index in [-0.39, 0.29) is 5.91 Å². The van der Waals surface area contributed by atoms with E-state index in [0.29, 0.717) is 0 Å². The third-order valence-electron chi connectivity index (χ3n) is 2.42. The van der Waals surface area contributed by atoms with Crippen molar-refractivity contribution < 1.29 is 4.79 Å². The zero-order chi connectivity index (χ0) is 11.5. The number of hydrogen-bond donors (Lipinski definition) is 2. The summed E-state index contributed by atoms with van der Waals surface area (Å²) in [4.78, 5) is 15.8. The van der Waals surface area contributed by atoms with Crippen molar-refractivity contribution in [2.45, 2.75) is 38.8 Å². The van der Waals surface area contributed by atoms with Gasteiger partial charge in [-0.25, -0.2) is 4.98 Å². The number of amides is 1. The zero-order valence-corrected chi connectivity index (χ0v) is 10.1. The number of aromatic nitrogens is 1. The molecule has 0 fully saturated rings. The van der Waals surface area contributed by atoms with Crippen LogP contribution < -0.4 is 11.1 Å². The maximum Gasteiger partial charge on any atom is 0.237 e. The summed E-state index contributed by atoms with van der Waals surface area (Å²) in [6, 6.07) is -0.490. The van der Waals surface area contributed by atoms with Gasteiger partial charge in [-0.3, -0.25) is 4.79 Å². The first kappa shape index (κ1) is 12.1. The second kappa shape index (κ2) is 4.72. The minimum absolute atomic E-state index is 0.144. The predicted molar refractivity (Wildman–Crippen MR) is 61.5 cm³/mol. The monoisotopic (exact) mass is 227 g/mol. The predicted octanol–water partition coefficient (Wildman–Crippen LogP) is 1.23. The second-order valence-corrected chi connectivity index (χ2v) is 4.70. The molecule has 1 heterocycles. The van der Waals surface area contributed by atoms with E-state index < -0.39 is 11.6 Å². The van der Waals surface area contributed by atoms with E-state index in [2.05, 4.69) is 10.3 Å². The first-order chi connectivity index (χ1) is 6.99. The average molecular weight is 227 g/mol. The summed E-state index contributed by atoms with van der Waals surface area (Å²) < 4.78 is 0. The summed E-state index contributed by atoms with van der Waals surface area (Å²) in [5, 5.41) is 5.75. The van der Waals surface area contributed by atoms with Crippen molar-refractivity contribution >= 4 is 17.2 Å². The van der Waals surface area contributed by atoms with Crippen LogP contribution in [-0.4, -0.2) is 16.9 Å². The van der Waals surface area contributed by atoms with Crippen LogP contribution in [0, 0.1) is 0 Å². The first-order valence-corrected chi connectivity index (χ1v) is 5.85. The van der Waals surface area contributed by atoms with E-state index in [4.69, 9.17) is 5.73 Å². The Hall–Kier alpha value is -0.940. The minimum Gasteiger partial charge on any atom is -0.343 e. The van der Waals surface area contributed by atoms with Crippen LogP contribution in [0.2, 0.25) is 0 Å². The Balaban J connectivity index is 2.82. The number of thiazole rings is 1. The van der Waals surface area contributed by atoms with Crippen LogP contribution in [0.1, 0.15) is 32.2 Å². The highest BCUT2D eigenvalue weighted by atomic mass is 32.1. The van der Waals surface area contributed by atoms with Gasteiger partial charge in [-0.05, 0) is 20.3 Å². The second-order valence-electron chi connectivity index (χ2n) is 3.80. The van der Waals surface area contributed by atoms with E-state index in [1.54, 1.807) is 24.5 Å². The lowest BCUT2D eigenvalue weighted by Gasteiger charge is -2.28. The molecular weight excluding hydrogens is 210 g/mol. The van der Waals surface area contributed by atoms with Crippen LogP contribution in [0.3, 0.4) is 0 Å². The molecule has 1 aromatic heterocycles. The SMILES string of the molecule is CCC(C)(NC(=O)C(C)N)c1nccs1. The lowest BCUT2D eigenvalue weighted by Crippen LogP contribution is -2.49. The van der Waals surface area contributed by atoms with Crippen LogP contribution in [-0.2, 0) is 10.3 Å².